The van der Waals surface area contributed by atoms with Crippen molar-refractivity contribution in [2.24, 2.45) is 0 Å². The number of nitrogens with two attached hydrogens (primary N) is 1. The molecule has 0 bridgehead atoms. The third-order valence-electron chi connectivity index (χ3n) is 2.82. The third kappa shape index (κ3) is 1.80. The Labute approximate surface area is 110 Å². The minimum Gasteiger partial charge on any atom is -0.383 e. The van der Waals surface area contributed by atoms with Crippen LogP contribution in [-0.2, 0) is 0 Å². The molecule has 3 aromatic heterocycles. The molecule has 0 spiro atoms. The second kappa shape index (κ2) is 4.86. The lowest BCUT2D eigenvalue weighted by Gasteiger charge is -1.99. The Morgan fingerprint density at radius 2 is 1.89 bits per heavy atom. The Morgan fingerprint density at radius 3 is 2.61 bits per heavy atom. The van der Waals surface area contributed by atoms with Crippen molar-refractivity contribution in [1.29, 1.82) is 0 Å². The van der Waals surface area contributed by atoms with Crippen LogP contribution in [0.1, 0.15) is 25.1 Å². The Balaban J connectivity index is 0.000000574. The van der Waals surface area contributed by atoms with Crippen LogP contribution in [-0.4, -0.2) is 15.2 Å². The SMILES string of the molecule is CC.Cc1nnc2sc3c(N)nccc3c2c1C. The van der Waals surface area contributed by atoms with Gasteiger partial charge in [0.1, 0.15) is 10.6 Å². The van der Waals surface area contributed by atoms with Crippen molar-refractivity contribution in [3.05, 3.63) is 23.5 Å². The molecule has 0 radical (unpaired) electrons. The number of anilines is 1. The molecule has 3 heterocycles. The van der Waals surface area contributed by atoms with E-state index in [1.807, 2.05) is 26.8 Å². The second-order valence-electron chi connectivity index (χ2n) is 3.77. The van der Waals surface area contributed by atoms with Gasteiger partial charge >= 0.3 is 0 Å². The molecule has 3 rings (SSSR count). The minimum atomic E-state index is 0.567. The van der Waals surface area contributed by atoms with Crippen molar-refractivity contribution in [2.45, 2.75) is 27.7 Å². The van der Waals surface area contributed by atoms with Gasteiger partial charge in [0.05, 0.1) is 10.4 Å². The topological polar surface area (TPSA) is 64.7 Å². The summed E-state index contributed by atoms with van der Waals surface area (Å²) in [6.45, 7) is 8.03. The van der Waals surface area contributed by atoms with E-state index in [2.05, 4.69) is 22.1 Å². The molecule has 0 atom stereocenters. The van der Waals surface area contributed by atoms with E-state index in [9.17, 15) is 0 Å². The van der Waals surface area contributed by atoms with Crippen LogP contribution in [0.5, 0.6) is 0 Å². The van der Waals surface area contributed by atoms with Crippen molar-refractivity contribution >= 4 is 37.5 Å². The molecule has 3 aromatic rings. The zero-order chi connectivity index (χ0) is 13.3. The largest absolute Gasteiger partial charge is 0.383 e. The number of thiophene rings is 1. The molecule has 94 valence electrons. The average Bonchev–Trinajstić information content (AvgIpc) is 2.77. The Hall–Kier alpha value is -1.75. The van der Waals surface area contributed by atoms with Gasteiger partial charge in [-0.15, -0.1) is 16.4 Å². The van der Waals surface area contributed by atoms with Crippen LogP contribution in [0.3, 0.4) is 0 Å². The van der Waals surface area contributed by atoms with Gasteiger partial charge in [-0.1, -0.05) is 13.8 Å². The summed E-state index contributed by atoms with van der Waals surface area (Å²) in [7, 11) is 0. The maximum atomic E-state index is 5.86. The van der Waals surface area contributed by atoms with Crippen molar-refractivity contribution in [3.63, 3.8) is 0 Å². The number of aryl methyl sites for hydroxylation is 2. The van der Waals surface area contributed by atoms with E-state index in [1.165, 1.54) is 5.56 Å². The molecule has 0 aliphatic heterocycles. The zero-order valence-electron chi connectivity index (χ0n) is 11.0. The summed E-state index contributed by atoms with van der Waals surface area (Å²) in [6.07, 6.45) is 1.74. The summed E-state index contributed by atoms with van der Waals surface area (Å²) >= 11 is 1.55. The second-order valence-corrected chi connectivity index (χ2v) is 4.76. The fraction of sp³-hybridized carbons (Fsp3) is 0.308. The monoisotopic (exact) mass is 260 g/mol. The van der Waals surface area contributed by atoms with Crippen LogP contribution in [0.25, 0.3) is 20.3 Å². The van der Waals surface area contributed by atoms with E-state index in [4.69, 9.17) is 5.73 Å². The number of fused-ring (bicyclic) bond motifs is 3. The molecular formula is C13H16N4S. The molecule has 18 heavy (non-hydrogen) atoms. The summed E-state index contributed by atoms with van der Waals surface area (Å²) in [5, 5.41) is 10.6. The number of nitrogen functional groups attached to an aromatic ring is 1. The molecule has 2 N–H and O–H groups in total. The Bertz CT molecular complexity index is 703. The third-order valence-corrected chi connectivity index (χ3v) is 3.93. The number of pyridine rings is 1. The zero-order valence-corrected chi connectivity index (χ0v) is 11.8. The van der Waals surface area contributed by atoms with Gasteiger partial charge in [0.15, 0.2) is 0 Å². The number of rotatable bonds is 0. The van der Waals surface area contributed by atoms with Crippen LogP contribution in [0, 0.1) is 13.8 Å². The predicted octanol–water partition coefficient (Wildman–Crippen LogP) is 3.46. The Kier molecular flexibility index (Phi) is 3.43. The molecule has 0 amide bonds. The normalized spacial score (nSPS) is 10.4. The smallest absolute Gasteiger partial charge is 0.147 e. The van der Waals surface area contributed by atoms with Gasteiger partial charge in [-0.25, -0.2) is 4.98 Å². The average molecular weight is 260 g/mol. The number of aromatic nitrogens is 3. The summed E-state index contributed by atoms with van der Waals surface area (Å²) in [6, 6.07) is 1.98. The van der Waals surface area contributed by atoms with Crippen LogP contribution in [0.15, 0.2) is 12.3 Å². The molecule has 0 saturated heterocycles. The fourth-order valence-corrected chi connectivity index (χ4v) is 2.92. The molecule has 0 unspecified atom stereocenters. The van der Waals surface area contributed by atoms with Crippen molar-refractivity contribution in [2.75, 3.05) is 5.73 Å². The highest BCUT2D eigenvalue weighted by Gasteiger charge is 2.12. The van der Waals surface area contributed by atoms with E-state index in [1.54, 1.807) is 17.5 Å². The highest BCUT2D eigenvalue weighted by molar-refractivity contribution is 7.26. The lowest BCUT2D eigenvalue weighted by Crippen LogP contribution is -1.90. The lowest BCUT2D eigenvalue weighted by molar-refractivity contribution is 1.01. The van der Waals surface area contributed by atoms with E-state index in [0.717, 1.165) is 26.0 Å². The molecule has 4 nitrogen and oxygen atoms in total. The maximum absolute atomic E-state index is 5.86. The molecule has 0 aliphatic rings. The standard InChI is InChI=1S/C11H10N4S.C2H6/c1-5-6(2)14-15-11-8(5)7-3-4-13-10(12)9(7)16-11;1-2/h3-4H,1-2H3,(H2,12,13);1-2H3. The van der Waals surface area contributed by atoms with Crippen molar-refractivity contribution < 1.29 is 0 Å². The first kappa shape index (κ1) is 12.7. The summed E-state index contributed by atoms with van der Waals surface area (Å²) < 4.78 is 1.00. The van der Waals surface area contributed by atoms with Crippen molar-refractivity contribution in [3.8, 4) is 0 Å². The van der Waals surface area contributed by atoms with Gasteiger partial charge in [-0.05, 0) is 25.5 Å². The van der Waals surface area contributed by atoms with E-state index >= 15 is 0 Å². The number of nitrogens with zero attached hydrogens (tertiary/aromatic N) is 3. The molecule has 0 saturated carbocycles. The highest BCUT2D eigenvalue weighted by atomic mass is 32.1. The highest BCUT2D eigenvalue weighted by Crippen LogP contribution is 2.36. The first-order valence-corrected chi connectivity index (χ1v) is 6.76. The van der Waals surface area contributed by atoms with Crippen LogP contribution >= 0.6 is 11.3 Å². The van der Waals surface area contributed by atoms with Gasteiger partial charge in [0, 0.05) is 17.0 Å². The van der Waals surface area contributed by atoms with E-state index < -0.39 is 0 Å². The Morgan fingerprint density at radius 1 is 1.17 bits per heavy atom. The first-order chi connectivity index (χ1) is 8.68. The van der Waals surface area contributed by atoms with E-state index in [0.29, 0.717) is 5.82 Å². The maximum Gasteiger partial charge on any atom is 0.147 e. The number of hydrogen-bond acceptors (Lipinski definition) is 5. The first-order valence-electron chi connectivity index (χ1n) is 5.95. The summed E-state index contributed by atoms with van der Waals surface area (Å²) in [5.74, 6) is 0.567. The van der Waals surface area contributed by atoms with Gasteiger partial charge in [-0.3, -0.25) is 0 Å². The summed E-state index contributed by atoms with van der Waals surface area (Å²) in [5.41, 5.74) is 7.99. The van der Waals surface area contributed by atoms with Crippen LogP contribution < -0.4 is 5.73 Å². The van der Waals surface area contributed by atoms with Crippen LogP contribution in [0.2, 0.25) is 0 Å². The van der Waals surface area contributed by atoms with Gasteiger partial charge in [-0.2, -0.15) is 5.10 Å². The van der Waals surface area contributed by atoms with Gasteiger partial charge in [0.25, 0.3) is 0 Å². The van der Waals surface area contributed by atoms with Gasteiger partial charge in [0.2, 0.25) is 0 Å². The molecule has 5 heteroatoms. The number of hydrogen-bond donors (Lipinski definition) is 1. The quantitative estimate of drug-likeness (QED) is 0.672. The van der Waals surface area contributed by atoms with E-state index in [-0.39, 0.29) is 0 Å². The predicted molar refractivity (Wildman–Crippen MR) is 78.0 cm³/mol. The molecule has 0 aromatic carbocycles. The fourth-order valence-electron chi connectivity index (χ4n) is 1.84. The van der Waals surface area contributed by atoms with Crippen molar-refractivity contribution in [1.82, 2.24) is 15.2 Å². The minimum absolute atomic E-state index is 0.567. The molecule has 0 fully saturated rings. The van der Waals surface area contributed by atoms with Gasteiger partial charge < -0.3 is 5.73 Å². The molecule has 0 aliphatic carbocycles. The lowest BCUT2D eigenvalue weighted by atomic mass is 10.1. The van der Waals surface area contributed by atoms with Crippen LogP contribution in [0.4, 0.5) is 5.82 Å². The summed E-state index contributed by atoms with van der Waals surface area (Å²) in [4.78, 5) is 5.02. The molecular weight excluding hydrogens is 244 g/mol.